The first-order valence-corrected chi connectivity index (χ1v) is 5.51. The molecule has 1 aliphatic rings. The lowest BCUT2D eigenvalue weighted by Crippen LogP contribution is -2.33. The molecular weight excluding hydrogens is 272 g/mol. The third-order valence-corrected chi connectivity index (χ3v) is 2.95. The van der Waals surface area contributed by atoms with Crippen molar-refractivity contribution in [2.24, 2.45) is 0 Å². The average Bonchev–Trinajstić information content (AvgIpc) is 2.72. The van der Waals surface area contributed by atoms with Crippen LogP contribution in [-0.2, 0) is 4.74 Å². The second-order valence-electron chi connectivity index (χ2n) is 2.68. The monoisotopic (exact) mass is 278 g/mol. The predicted molar refractivity (Wildman–Crippen MR) is 54.4 cm³/mol. The van der Waals surface area contributed by atoms with E-state index >= 15 is 0 Å². The van der Waals surface area contributed by atoms with E-state index in [0.717, 1.165) is 9.05 Å². The molecule has 1 atom stereocenters. The fourth-order valence-electron chi connectivity index (χ4n) is 1.02. The number of halogens is 1. The van der Waals surface area contributed by atoms with E-state index < -0.39 is 0 Å². The van der Waals surface area contributed by atoms with Crippen molar-refractivity contribution in [1.82, 2.24) is 15.5 Å². The number of anilines is 1. The molecular formula is C6H7BrN4O2S. The highest BCUT2D eigenvalue weighted by Crippen LogP contribution is 2.19. The molecule has 2 N–H and O–H groups in total. The lowest BCUT2D eigenvalue weighted by atomic mass is 10.3. The van der Waals surface area contributed by atoms with Gasteiger partial charge in [-0.2, -0.15) is 0 Å². The van der Waals surface area contributed by atoms with E-state index in [2.05, 4.69) is 36.8 Å². The predicted octanol–water partition coefficient (Wildman–Crippen LogP) is 0.821. The number of ether oxygens (including phenoxy) is 1. The number of aromatic nitrogens is 2. The van der Waals surface area contributed by atoms with E-state index in [4.69, 9.17) is 4.74 Å². The first-order valence-electron chi connectivity index (χ1n) is 3.90. The molecule has 1 aromatic heterocycles. The fourth-order valence-corrected chi connectivity index (χ4v) is 2.04. The van der Waals surface area contributed by atoms with E-state index in [0.29, 0.717) is 13.2 Å². The van der Waals surface area contributed by atoms with Crippen molar-refractivity contribution in [2.45, 2.75) is 6.04 Å². The van der Waals surface area contributed by atoms with Gasteiger partial charge in [0.1, 0.15) is 6.61 Å². The zero-order valence-electron chi connectivity index (χ0n) is 6.99. The SMILES string of the molecule is O=C1NC(CNc2nnc(Br)s2)CO1. The van der Waals surface area contributed by atoms with Crippen LogP contribution in [0.3, 0.4) is 0 Å². The van der Waals surface area contributed by atoms with Crippen LogP contribution in [0.25, 0.3) is 0 Å². The number of amides is 1. The van der Waals surface area contributed by atoms with Crippen molar-refractivity contribution in [3.63, 3.8) is 0 Å². The van der Waals surface area contributed by atoms with Gasteiger partial charge in [0.25, 0.3) is 0 Å². The first-order chi connectivity index (χ1) is 6.74. The maximum atomic E-state index is 10.7. The lowest BCUT2D eigenvalue weighted by Gasteiger charge is -2.06. The zero-order chi connectivity index (χ0) is 9.97. The smallest absolute Gasteiger partial charge is 0.407 e. The van der Waals surface area contributed by atoms with Crippen molar-refractivity contribution < 1.29 is 9.53 Å². The van der Waals surface area contributed by atoms with Crippen molar-refractivity contribution >= 4 is 38.5 Å². The van der Waals surface area contributed by atoms with E-state index in [1.54, 1.807) is 0 Å². The van der Waals surface area contributed by atoms with Gasteiger partial charge in [0.2, 0.25) is 5.13 Å². The van der Waals surface area contributed by atoms with Crippen molar-refractivity contribution in [3.05, 3.63) is 3.92 Å². The Morgan fingerprint density at radius 3 is 3.14 bits per heavy atom. The van der Waals surface area contributed by atoms with Gasteiger partial charge in [0, 0.05) is 6.54 Å². The first kappa shape index (κ1) is 9.66. The quantitative estimate of drug-likeness (QED) is 0.856. The highest BCUT2D eigenvalue weighted by Gasteiger charge is 2.21. The van der Waals surface area contributed by atoms with Crippen LogP contribution in [0.5, 0.6) is 0 Å². The number of nitrogens with zero attached hydrogens (tertiary/aromatic N) is 2. The van der Waals surface area contributed by atoms with Crippen molar-refractivity contribution in [1.29, 1.82) is 0 Å². The maximum absolute atomic E-state index is 10.7. The van der Waals surface area contributed by atoms with Crippen LogP contribution >= 0.6 is 27.3 Å². The third-order valence-electron chi connectivity index (χ3n) is 1.64. The topological polar surface area (TPSA) is 76.1 Å². The molecule has 6 nitrogen and oxygen atoms in total. The van der Waals surface area contributed by atoms with Crippen molar-refractivity contribution in [3.8, 4) is 0 Å². The Kier molecular flexibility index (Phi) is 2.82. The summed E-state index contributed by atoms with van der Waals surface area (Å²) in [4.78, 5) is 10.7. The molecule has 1 saturated heterocycles. The number of hydrogen-bond acceptors (Lipinski definition) is 6. The molecule has 1 fully saturated rings. The summed E-state index contributed by atoms with van der Waals surface area (Å²) in [5.74, 6) is 0. The molecule has 76 valence electrons. The number of nitrogens with one attached hydrogen (secondary N) is 2. The molecule has 2 heterocycles. The molecule has 1 amide bonds. The number of hydrogen-bond donors (Lipinski definition) is 2. The number of cyclic esters (lactones) is 1. The Balaban J connectivity index is 1.80. The molecule has 0 spiro atoms. The largest absolute Gasteiger partial charge is 0.447 e. The van der Waals surface area contributed by atoms with Gasteiger partial charge in [0.15, 0.2) is 3.92 Å². The van der Waals surface area contributed by atoms with Gasteiger partial charge >= 0.3 is 6.09 Å². The van der Waals surface area contributed by atoms with E-state index in [-0.39, 0.29) is 12.1 Å². The Morgan fingerprint density at radius 2 is 2.57 bits per heavy atom. The minimum absolute atomic E-state index is 0.00479. The van der Waals surface area contributed by atoms with Gasteiger partial charge in [-0.1, -0.05) is 11.3 Å². The van der Waals surface area contributed by atoms with Crippen LogP contribution in [0.4, 0.5) is 9.93 Å². The average molecular weight is 279 g/mol. The molecule has 2 rings (SSSR count). The molecule has 0 aromatic carbocycles. The molecule has 0 bridgehead atoms. The van der Waals surface area contributed by atoms with E-state index in [9.17, 15) is 4.79 Å². The normalized spacial score (nSPS) is 20.4. The Morgan fingerprint density at radius 1 is 1.71 bits per heavy atom. The molecule has 1 aliphatic heterocycles. The summed E-state index contributed by atoms with van der Waals surface area (Å²) in [7, 11) is 0. The summed E-state index contributed by atoms with van der Waals surface area (Å²) in [6.45, 7) is 0.985. The van der Waals surface area contributed by atoms with Crippen LogP contribution in [0.2, 0.25) is 0 Å². The zero-order valence-corrected chi connectivity index (χ0v) is 9.39. The summed E-state index contributed by atoms with van der Waals surface area (Å²) in [6, 6.07) is 0.00479. The maximum Gasteiger partial charge on any atom is 0.407 e. The Hall–Kier alpha value is -0.890. The van der Waals surface area contributed by atoms with Gasteiger partial charge in [-0.25, -0.2) is 4.79 Å². The number of rotatable bonds is 3. The van der Waals surface area contributed by atoms with Gasteiger partial charge in [-0.15, -0.1) is 10.2 Å². The summed E-state index contributed by atoms with van der Waals surface area (Å²) in [5, 5.41) is 14.1. The van der Waals surface area contributed by atoms with Crippen LogP contribution in [0.1, 0.15) is 0 Å². The number of alkyl carbamates (subject to hydrolysis) is 1. The van der Waals surface area contributed by atoms with Crippen LogP contribution in [0.15, 0.2) is 3.92 Å². The number of carbonyl (C=O) groups excluding carboxylic acids is 1. The highest BCUT2D eigenvalue weighted by molar-refractivity contribution is 9.11. The van der Waals surface area contributed by atoms with Gasteiger partial charge in [0.05, 0.1) is 6.04 Å². The summed E-state index contributed by atoms with van der Waals surface area (Å²) < 4.78 is 5.46. The standard InChI is InChI=1S/C6H7BrN4O2S/c7-4-10-11-5(14-4)8-1-3-2-13-6(12)9-3/h3H,1-2H2,(H,8,11)(H,9,12). The molecule has 1 aromatic rings. The van der Waals surface area contributed by atoms with E-state index in [1.807, 2.05) is 0 Å². The number of carbonyl (C=O) groups is 1. The summed E-state index contributed by atoms with van der Waals surface area (Å²) in [5.41, 5.74) is 0. The minimum Gasteiger partial charge on any atom is -0.447 e. The fraction of sp³-hybridized carbons (Fsp3) is 0.500. The van der Waals surface area contributed by atoms with Crippen molar-refractivity contribution in [2.75, 3.05) is 18.5 Å². The third kappa shape index (κ3) is 2.32. The van der Waals surface area contributed by atoms with Crippen LogP contribution < -0.4 is 10.6 Å². The molecule has 8 heteroatoms. The second-order valence-corrected chi connectivity index (χ2v) is 4.93. The minimum atomic E-state index is -0.366. The van der Waals surface area contributed by atoms with Gasteiger partial charge < -0.3 is 15.4 Å². The van der Waals surface area contributed by atoms with Gasteiger partial charge in [-0.3, -0.25) is 0 Å². The van der Waals surface area contributed by atoms with E-state index in [1.165, 1.54) is 11.3 Å². The Labute approximate surface area is 92.2 Å². The molecule has 0 aliphatic carbocycles. The van der Waals surface area contributed by atoms with Gasteiger partial charge in [-0.05, 0) is 15.9 Å². The summed E-state index contributed by atoms with van der Waals surface area (Å²) in [6.07, 6.45) is -0.366. The Bertz CT molecular complexity index is 344. The highest BCUT2D eigenvalue weighted by atomic mass is 79.9. The molecule has 0 radical (unpaired) electrons. The molecule has 1 unspecified atom stereocenters. The van der Waals surface area contributed by atoms with Crippen LogP contribution in [-0.4, -0.2) is 35.5 Å². The van der Waals surface area contributed by atoms with Crippen LogP contribution in [0, 0.1) is 0 Å². The summed E-state index contributed by atoms with van der Waals surface area (Å²) >= 11 is 4.61. The second kappa shape index (κ2) is 4.09. The lowest BCUT2D eigenvalue weighted by molar-refractivity contribution is 0.177. The molecule has 14 heavy (non-hydrogen) atoms. The molecule has 0 saturated carbocycles.